The first-order valence-electron chi connectivity index (χ1n) is 27.9. The van der Waals surface area contributed by atoms with Crippen LogP contribution < -0.4 is 99.5 Å². The Balaban J connectivity index is 3.62. The van der Waals surface area contributed by atoms with Crippen molar-refractivity contribution in [3.8, 4) is 0 Å². The van der Waals surface area contributed by atoms with Crippen LogP contribution in [0.2, 0.25) is 0 Å². The Labute approximate surface area is 506 Å². The van der Waals surface area contributed by atoms with Gasteiger partial charge in [0.05, 0.1) is 38.3 Å². The van der Waals surface area contributed by atoms with E-state index in [2.05, 4.69) is 77.8 Å². The number of aliphatic hydroxyl groups excluding tert-OH is 4. The average Bonchev–Trinajstić information content (AvgIpc) is 3.84. The number of nitrogens with one attached hydrogen (secondary N) is 10. The predicted octanol–water partition coefficient (Wildman–Crippen LogP) is -11.7. The fourth-order valence-electron chi connectivity index (χ4n) is 7.93. The first kappa shape index (κ1) is 76.8. The van der Waals surface area contributed by atoms with Gasteiger partial charge in [0, 0.05) is 44.5 Å². The van der Waals surface area contributed by atoms with Crippen molar-refractivity contribution in [1.29, 1.82) is 0 Å². The first-order chi connectivity index (χ1) is 41.4. The zero-order valence-electron chi connectivity index (χ0n) is 49.4. The lowest BCUT2D eigenvalue weighted by atomic mass is 10.0. The molecule has 88 heavy (non-hydrogen) atoms. The third-order valence-corrected chi connectivity index (χ3v) is 12.5. The molecule has 1 heterocycles. The lowest BCUT2D eigenvalue weighted by molar-refractivity contribution is -0.145. The number of carbonyl (C=O) groups is 10. The molecule has 11 atom stereocenters. The van der Waals surface area contributed by atoms with Gasteiger partial charge < -0.3 is 130 Å². The Morgan fingerprint density at radius 2 is 0.750 bits per heavy atom. The van der Waals surface area contributed by atoms with Crippen LogP contribution in [0.4, 0.5) is 0 Å². The van der Waals surface area contributed by atoms with Crippen molar-refractivity contribution in [2.24, 2.45) is 77.5 Å². The number of hydrogen-bond acceptors (Lipinski definition) is 20. The van der Waals surface area contributed by atoms with Crippen LogP contribution in [0.25, 0.3) is 0 Å². The number of amides is 9. The number of imidazole rings is 1. The minimum absolute atomic E-state index is 0.00324. The minimum Gasteiger partial charge on any atom is -0.480 e. The summed E-state index contributed by atoms with van der Waals surface area (Å²) in [6.07, 6.45) is 0.200. The second kappa shape index (κ2) is 41.0. The van der Waals surface area contributed by atoms with Crippen molar-refractivity contribution < 1.29 is 73.5 Å². The number of aliphatic hydroxyl groups is 4. The van der Waals surface area contributed by atoms with E-state index in [1.54, 1.807) is 13.8 Å². The highest BCUT2D eigenvalue weighted by molar-refractivity contribution is 5.98. The molecule has 0 unspecified atom stereocenters. The highest BCUT2D eigenvalue weighted by Crippen LogP contribution is 2.10. The van der Waals surface area contributed by atoms with Crippen LogP contribution in [-0.4, -0.2) is 231 Å². The van der Waals surface area contributed by atoms with Crippen molar-refractivity contribution in [1.82, 2.24) is 57.8 Å². The quantitative estimate of drug-likeness (QED) is 0.0164. The molecule has 0 saturated heterocycles. The van der Waals surface area contributed by atoms with Crippen molar-refractivity contribution >= 4 is 83.0 Å². The van der Waals surface area contributed by atoms with E-state index in [9.17, 15) is 73.5 Å². The molecule has 0 spiro atoms. The van der Waals surface area contributed by atoms with Crippen molar-refractivity contribution in [3.63, 3.8) is 0 Å². The summed E-state index contributed by atoms with van der Waals surface area (Å²) in [6.45, 7) is 1.03. The Bertz CT molecular complexity index is 2540. The third-order valence-electron chi connectivity index (χ3n) is 12.5. The molecular weight excluding hydrogens is 1160 g/mol. The number of carbonyl (C=O) groups excluding carboxylic acids is 9. The monoisotopic (exact) mass is 1250 g/mol. The SMILES string of the molecule is CC(C)C[C@H](NC(=O)[C@H](CO)NC(=O)[C@H](CCCN=C(N)N)NC(=O)[C@H](CCCN=C(N)N)NC(=O)[C@H](CO)NC(=O)[C@H](CCCN=C(N)N)NC(=O)[C@H](CCCN=C(N)N)NC(=O)[C@H](CO)NC(=O)[C@@H](N)Cc1cnc[nH]1)C(=O)N[C@H](C(=O)O)[C@@H](C)O. The predicted molar refractivity (Wildman–Crippen MR) is 317 cm³/mol. The van der Waals surface area contributed by atoms with Gasteiger partial charge in [-0.1, -0.05) is 13.8 Å². The fraction of sp³-hybridized carbons (Fsp3) is 0.653. The van der Waals surface area contributed by atoms with Crippen LogP contribution in [0.3, 0.4) is 0 Å². The van der Waals surface area contributed by atoms with Crippen LogP contribution in [-0.2, 0) is 54.4 Å². The van der Waals surface area contributed by atoms with Crippen molar-refractivity contribution in [2.75, 3.05) is 46.0 Å². The second-order valence-corrected chi connectivity index (χ2v) is 20.4. The molecule has 1 rings (SSSR count). The fourth-order valence-corrected chi connectivity index (χ4v) is 7.93. The number of nitrogens with zero attached hydrogens (tertiary/aromatic N) is 5. The molecule has 0 bridgehead atoms. The topological polar surface area (TPSA) is 692 Å². The number of aromatic amines is 1. The minimum atomic E-state index is -1.88. The Kier molecular flexibility index (Phi) is 35.8. The molecule has 0 aliphatic heterocycles. The Morgan fingerprint density at radius 3 is 1.01 bits per heavy atom. The summed E-state index contributed by atoms with van der Waals surface area (Å²) in [6, 6.07) is -16.0. The molecule has 39 heteroatoms. The lowest BCUT2D eigenvalue weighted by Crippen LogP contribution is -2.61. The molecule has 0 aliphatic carbocycles. The number of guanidine groups is 4. The van der Waals surface area contributed by atoms with Crippen LogP contribution in [0.5, 0.6) is 0 Å². The van der Waals surface area contributed by atoms with Crippen molar-refractivity contribution in [2.45, 2.75) is 152 Å². The number of rotatable bonds is 43. The number of carboxylic acid groups (broad SMARTS) is 1. The van der Waals surface area contributed by atoms with Gasteiger partial charge in [0.15, 0.2) is 29.9 Å². The Hall–Kier alpha value is -9.21. The molecule has 0 fully saturated rings. The van der Waals surface area contributed by atoms with E-state index >= 15 is 0 Å². The molecule has 39 nitrogen and oxygen atoms in total. The Morgan fingerprint density at radius 1 is 0.466 bits per heavy atom. The van der Waals surface area contributed by atoms with E-state index in [0.29, 0.717) is 5.69 Å². The van der Waals surface area contributed by atoms with E-state index in [4.69, 9.17) is 51.6 Å². The maximum absolute atomic E-state index is 14.3. The van der Waals surface area contributed by atoms with E-state index in [-0.39, 0.29) is 120 Å². The number of carboxylic acids is 1. The second-order valence-electron chi connectivity index (χ2n) is 20.4. The first-order valence-corrected chi connectivity index (χ1v) is 27.9. The van der Waals surface area contributed by atoms with E-state index < -0.39 is 145 Å². The summed E-state index contributed by atoms with van der Waals surface area (Å²) in [4.78, 5) is 158. The number of nitrogens with two attached hydrogens (primary N) is 9. The van der Waals surface area contributed by atoms with Crippen LogP contribution in [0.15, 0.2) is 32.5 Å². The van der Waals surface area contributed by atoms with Gasteiger partial charge in [0.1, 0.15) is 48.3 Å². The third kappa shape index (κ3) is 30.7. The molecule has 0 radical (unpaired) electrons. The van der Waals surface area contributed by atoms with E-state index in [1.165, 1.54) is 12.5 Å². The summed E-state index contributed by atoms with van der Waals surface area (Å²) < 4.78 is 0. The maximum atomic E-state index is 14.3. The number of hydrogen-bond donors (Lipinski definition) is 24. The molecule has 33 N–H and O–H groups in total. The highest BCUT2D eigenvalue weighted by Gasteiger charge is 2.36. The highest BCUT2D eigenvalue weighted by atomic mass is 16.4. The maximum Gasteiger partial charge on any atom is 0.328 e. The lowest BCUT2D eigenvalue weighted by Gasteiger charge is -2.28. The summed E-state index contributed by atoms with van der Waals surface area (Å²) in [5, 5.41) is 71.7. The summed E-state index contributed by atoms with van der Waals surface area (Å²) >= 11 is 0. The normalized spacial score (nSPS) is 14.7. The zero-order chi connectivity index (χ0) is 66.6. The van der Waals surface area contributed by atoms with Gasteiger partial charge in [0.2, 0.25) is 53.2 Å². The number of aliphatic imine (C=N–C) groups is 4. The molecule has 0 aliphatic rings. The molecular formula is C49H90N24O15. The van der Waals surface area contributed by atoms with Gasteiger partial charge in [-0.25, -0.2) is 9.78 Å². The average molecular weight is 1260 g/mol. The molecule has 0 aromatic carbocycles. The van der Waals surface area contributed by atoms with Gasteiger partial charge in [-0.15, -0.1) is 0 Å². The van der Waals surface area contributed by atoms with Gasteiger partial charge in [-0.05, 0) is 70.6 Å². The van der Waals surface area contributed by atoms with Crippen LogP contribution >= 0.6 is 0 Å². The molecule has 1 aromatic heterocycles. The summed E-state index contributed by atoms with van der Waals surface area (Å²) in [7, 11) is 0. The number of aromatic nitrogens is 2. The smallest absolute Gasteiger partial charge is 0.328 e. The van der Waals surface area contributed by atoms with E-state index in [0.717, 1.165) is 6.92 Å². The van der Waals surface area contributed by atoms with Crippen LogP contribution in [0, 0.1) is 5.92 Å². The molecule has 0 saturated carbocycles. The van der Waals surface area contributed by atoms with Gasteiger partial charge in [-0.3, -0.25) is 63.1 Å². The molecule has 9 amide bonds. The van der Waals surface area contributed by atoms with Gasteiger partial charge >= 0.3 is 5.97 Å². The van der Waals surface area contributed by atoms with Crippen molar-refractivity contribution in [3.05, 3.63) is 18.2 Å². The zero-order valence-corrected chi connectivity index (χ0v) is 49.4. The largest absolute Gasteiger partial charge is 0.480 e. The van der Waals surface area contributed by atoms with E-state index in [1.807, 2.05) is 0 Å². The van der Waals surface area contributed by atoms with Crippen LogP contribution in [0.1, 0.15) is 84.3 Å². The summed E-state index contributed by atoms with van der Waals surface area (Å²) in [5.74, 6) is -12.6. The molecule has 1 aromatic rings. The summed E-state index contributed by atoms with van der Waals surface area (Å²) in [5.41, 5.74) is 50.3. The van der Waals surface area contributed by atoms with Gasteiger partial charge in [-0.2, -0.15) is 0 Å². The van der Waals surface area contributed by atoms with Gasteiger partial charge in [0.25, 0.3) is 0 Å². The molecule has 496 valence electrons. The standard InChI is InChI=1S/C49H90N24O15/c1-23(2)16-31(41(83)73-35(24(3)77)45(87)88)69-44(86)34(21-76)72-40(82)30(11-7-15-63-49(57)58)66-38(80)28(9-5-13-61-47(53)54)68-43(85)33(20-75)71-39(81)29(10-6-14-62-48(55)56)65-37(79)27(8-4-12-60-46(51)52)67-42(84)32(19-74)70-36(78)26(50)17-25-18-59-22-64-25/h18,22-24,26-35,74-77H,4-17,19-21,50H2,1-3H3,(H,59,64)(H,65,79)(H,66,80)(H,67,84)(H,68,85)(H,69,86)(H,70,78)(H,71,81)(H,72,82)(H,73,83)(H,87,88)(H4,51,52,60)(H4,53,54,61)(H4,55,56,62)(H4,57,58,63)/t24-,26+,27+,28+,29+,30+,31+,32+,33+,34+,35+/m1/s1. The number of aliphatic carboxylic acids is 1. The number of H-pyrrole nitrogens is 1.